The van der Waals surface area contributed by atoms with Crippen molar-refractivity contribution in [1.82, 2.24) is 31.1 Å². The predicted octanol–water partition coefficient (Wildman–Crippen LogP) is 6.83. The number of thioether (sulfide) groups is 2. The van der Waals surface area contributed by atoms with Crippen LogP contribution in [-0.2, 0) is 41.9 Å². The van der Waals surface area contributed by atoms with Gasteiger partial charge in [0, 0.05) is 13.0 Å². The van der Waals surface area contributed by atoms with E-state index in [2.05, 4.69) is 55.5 Å². The van der Waals surface area contributed by atoms with Crippen molar-refractivity contribution in [3.8, 4) is 0 Å². The number of amides is 4. The van der Waals surface area contributed by atoms with Crippen molar-refractivity contribution in [1.29, 1.82) is 0 Å². The number of carbonyl (C=O) groups is 4. The summed E-state index contributed by atoms with van der Waals surface area (Å²) in [5.41, 5.74) is 2.70. The molecule has 4 amide bonds. The van der Waals surface area contributed by atoms with Gasteiger partial charge >= 0.3 is 0 Å². The van der Waals surface area contributed by atoms with Gasteiger partial charge in [-0.25, -0.2) is 0 Å². The van der Waals surface area contributed by atoms with Gasteiger partial charge in [0.1, 0.15) is 18.1 Å². The Labute approximate surface area is 399 Å². The van der Waals surface area contributed by atoms with Crippen LogP contribution in [0.3, 0.4) is 0 Å². The molecule has 15 heteroatoms. The van der Waals surface area contributed by atoms with E-state index in [1.807, 2.05) is 97.8 Å². The normalized spacial score (nSPS) is 24.8. The van der Waals surface area contributed by atoms with E-state index in [0.717, 1.165) is 41.0 Å². The van der Waals surface area contributed by atoms with Crippen LogP contribution in [0.15, 0.2) is 91.1 Å². The maximum atomic E-state index is 14.4. The lowest BCUT2D eigenvalue weighted by atomic mass is 9.83. The van der Waals surface area contributed by atoms with Crippen LogP contribution in [0, 0.1) is 10.8 Å². The zero-order valence-corrected chi connectivity index (χ0v) is 41.3. The number of ether oxygens (including phenoxy) is 2. The lowest BCUT2D eigenvalue weighted by Gasteiger charge is -2.35. The van der Waals surface area contributed by atoms with E-state index >= 15 is 0 Å². The highest BCUT2D eigenvalue weighted by atomic mass is 32.2. The maximum absolute atomic E-state index is 14.4. The number of hydrogen-bond acceptors (Lipinski definition) is 10. The first-order chi connectivity index (χ1) is 31.1. The molecule has 0 aromatic heterocycles. The Balaban J connectivity index is 1.06. The van der Waals surface area contributed by atoms with Gasteiger partial charge in [-0.3, -0.25) is 19.2 Å². The second kappa shape index (κ2) is 23.1. The number of hydrogen-bond donors (Lipinski definition) is 4. The summed E-state index contributed by atoms with van der Waals surface area (Å²) in [6, 6.07) is 15.1. The van der Waals surface area contributed by atoms with E-state index in [4.69, 9.17) is 21.7 Å². The van der Waals surface area contributed by atoms with E-state index in [1.54, 1.807) is 28.4 Å². The summed E-state index contributed by atoms with van der Waals surface area (Å²) < 4.78 is 12.5. The first-order valence-corrected chi connectivity index (χ1v) is 25.3. The highest BCUT2D eigenvalue weighted by molar-refractivity contribution is 8.00. The Kier molecular flexibility index (Phi) is 18.0. The number of nitrogens with one attached hydrogen (secondary N) is 4. The van der Waals surface area contributed by atoms with Gasteiger partial charge in [-0.15, -0.1) is 23.5 Å². The molecule has 0 saturated carbocycles. The van der Waals surface area contributed by atoms with Crippen molar-refractivity contribution in [3.63, 3.8) is 0 Å². The zero-order valence-electron chi connectivity index (χ0n) is 38.8. The number of rotatable bonds is 19. The Morgan fingerprint density at radius 2 is 1.46 bits per heavy atom. The Hall–Kier alpha value is -3.99. The molecule has 6 rings (SSSR count). The number of thiocarbonyl (C=S) groups is 1. The molecule has 4 heterocycles. The third-order valence-electron chi connectivity index (χ3n) is 12.7. The molecule has 0 bridgehead atoms. The van der Waals surface area contributed by atoms with Crippen LogP contribution in [0.5, 0.6) is 0 Å². The van der Waals surface area contributed by atoms with Crippen LogP contribution < -0.4 is 21.3 Å². The third kappa shape index (κ3) is 12.9. The second-order valence-electron chi connectivity index (χ2n) is 18.8. The average Bonchev–Trinajstić information content (AvgIpc) is 3.57. The molecule has 12 nitrogen and oxygen atoms in total. The van der Waals surface area contributed by atoms with E-state index in [9.17, 15) is 19.2 Å². The molecule has 2 aromatic rings. The van der Waals surface area contributed by atoms with Gasteiger partial charge in [0.05, 0.1) is 54.2 Å². The van der Waals surface area contributed by atoms with Gasteiger partial charge in [-0.05, 0) is 84.3 Å². The Morgan fingerprint density at radius 3 is 2.11 bits per heavy atom. The molecule has 0 radical (unpaired) electrons. The molecular formula is C50H68N6O6S3. The molecule has 4 aliphatic rings. The monoisotopic (exact) mass is 944 g/mol. The summed E-state index contributed by atoms with van der Waals surface area (Å²) in [5.74, 6) is 1.28. The summed E-state index contributed by atoms with van der Waals surface area (Å²) in [7, 11) is 1.82. The van der Waals surface area contributed by atoms with Gasteiger partial charge in [0.15, 0.2) is 0 Å². The van der Waals surface area contributed by atoms with Crippen molar-refractivity contribution in [2.45, 2.75) is 121 Å². The minimum absolute atomic E-state index is 0.00257. The number of likely N-dealkylation sites (N-methyl/N-ethyl adjacent to an activating group) is 1. The van der Waals surface area contributed by atoms with Gasteiger partial charge in [0.25, 0.3) is 0 Å². The minimum Gasteiger partial charge on any atom is -0.374 e. The number of benzene rings is 2. The lowest BCUT2D eigenvalue weighted by Crippen LogP contribution is -2.57. The fourth-order valence-corrected chi connectivity index (χ4v) is 12.7. The first-order valence-electron chi connectivity index (χ1n) is 22.8. The quantitative estimate of drug-likeness (QED) is 0.0871. The molecule has 4 saturated heterocycles. The molecule has 4 fully saturated rings. The third-order valence-corrected chi connectivity index (χ3v) is 15.5. The van der Waals surface area contributed by atoms with E-state index in [1.165, 1.54) is 0 Å². The molecular weight excluding hydrogens is 877 g/mol. The fraction of sp³-hybridized carbons (Fsp3) is 0.540. The van der Waals surface area contributed by atoms with Crippen LogP contribution in [0.1, 0.15) is 89.5 Å². The summed E-state index contributed by atoms with van der Waals surface area (Å²) in [6.07, 6.45) is 11.0. The lowest BCUT2D eigenvalue weighted by molar-refractivity contribution is -0.142. The van der Waals surface area contributed by atoms with Gasteiger partial charge in [-0.2, -0.15) is 0 Å². The van der Waals surface area contributed by atoms with E-state index in [-0.39, 0.29) is 53.0 Å². The van der Waals surface area contributed by atoms with E-state index in [0.29, 0.717) is 49.6 Å². The van der Waals surface area contributed by atoms with Crippen LogP contribution in [0.2, 0.25) is 0 Å². The smallest absolute Gasteiger partial charge is 0.246 e. The van der Waals surface area contributed by atoms with Crippen LogP contribution in [0.25, 0.3) is 0 Å². The van der Waals surface area contributed by atoms with Crippen molar-refractivity contribution in [2.24, 2.45) is 10.8 Å². The Bertz CT molecular complexity index is 2060. The summed E-state index contributed by atoms with van der Waals surface area (Å²) >= 11 is 9.00. The fourth-order valence-electron chi connectivity index (χ4n) is 9.33. The molecule has 2 aromatic carbocycles. The number of carbonyl (C=O) groups excluding carboxylic acids is 4. The first kappa shape index (κ1) is 50.4. The van der Waals surface area contributed by atoms with Crippen molar-refractivity contribution in [2.75, 3.05) is 38.3 Å². The second-order valence-corrected chi connectivity index (χ2v) is 21.8. The number of nitrogens with zero attached hydrogens (tertiary/aromatic N) is 2. The molecule has 7 atom stereocenters. The van der Waals surface area contributed by atoms with Crippen LogP contribution >= 0.6 is 35.7 Å². The molecule has 0 aliphatic carbocycles. The van der Waals surface area contributed by atoms with Gasteiger partial charge in [-0.1, -0.05) is 125 Å². The van der Waals surface area contributed by atoms with Crippen LogP contribution in [-0.4, -0.2) is 112 Å². The standard InChI is InChI=1S/C50H68N6O6S3/c1-8-9-11-15-33(2)38(53-46(58)44-49(3,4)26-42-55(44)41(57)18-14-24-64-42)31-61-29-34-19-21-35(22-20-34)30-62-32-39(36-16-12-10-13-17-36)54-47(59)45-50(5,6)27-43-56(45)48(60)37(23-25-65-43)52-40(63)28-51-7/h8-13,15-17,19-22,37-39,42-45,51H,2,14,18,23-32H2,1,3-7H3,(H,52,63)(H,53,58)(H,54,59)/b9-8-,15-11-/t37-,38+,39+,42-,43-,44+,45?/m0/s1. The summed E-state index contributed by atoms with van der Waals surface area (Å²) in [4.78, 5) is 60.0. The predicted molar refractivity (Wildman–Crippen MR) is 266 cm³/mol. The topological polar surface area (TPSA) is 141 Å². The number of allylic oxidation sites excluding steroid dienone is 3. The number of fused-ring (bicyclic) bond motifs is 2. The van der Waals surface area contributed by atoms with Crippen molar-refractivity contribution in [3.05, 3.63) is 108 Å². The van der Waals surface area contributed by atoms with Crippen LogP contribution in [0.4, 0.5) is 0 Å². The SMILES string of the molecule is C=C(/C=C\C=C/C)[C@@H](COCc1ccc(COC[C@@H](NC(=O)C2N3C(=O)[C@@H](NC(=S)CNC)CCS[C@H]3CC2(C)C)c2ccccc2)cc1)NC(=O)[C@H]1N2C(=O)CCCS[C@H]2CC1(C)C. The zero-order chi connectivity index (χ0) is 46.7. The largest absolute Gasteiger partial charge is 0.374 e. The Morgan fingerprint density at radius 1 is 0.862 bits per heavy atom. The molecule has 0 spiro atoms. The minimum atomic E-state index is -0.663. The highest BCUT2D eigenvalue weighted by Gasteiger charge is 2.55. The maximum Gasteiger partial charge on any atom is 0.246 e. The molecule has 4 N–H and O–H groups in total. The van der Waals surface area contributed by atoms with Gasteiger partial charge in [0.2, 0.25) is 23.6 Å². The molecule has 352 valence electrons. The molecule has 4 aliphatic heterocycles. The van der Waals surface area contributed by atoms with Crippen molar-refractivity contribution < 1.29 is 28.7 Å². The van der Waals surface area contributed by atoms with Gasteiger partial charge < -0.3 is 40.5 Å². The molecule has 65 heavy (non-hydrogen) atoms. The summed E-state index contributed by atoms with van der Waals surface area (Å²) in [5, 5.41) is 12.7. The van der Waals surface area contributed by atoms with Crippen molar-refractivity contribution >= 4 is 64.4 Å². The van der Waals surface area contributed by atoms with E-state index < -0.39 is 35.6 Å². The summed E-state index contributed by atoms with van der Waals surface area (Å²) in [6.45, 7) is 16.0. The average molecular weight is 945 g/mol. The molecule has 1 unspecified atom stereocenters. The highest BCUT2D eigenvalue weighted by Crippen LogP contribution is 2.47.